The van der Waals surface area contributed by atoms with Crippen LogP contribution in [0.4, 0.5) is 4.39 Å². The molecule has 0 saturated heterocycles. The number of amides is 1. The van der Waals surface area contributed by atoms with E-state index in [0.717, 1.165) is 4.90 Å². The number of hydrogen-bond acceptors (Lipinski definition) is 4. The van der Waals surface area contributed by atoms with Gasteiger partial charge in [0.15, 0.2) is 0 Å². The van der Waals surface area contributed by atoms with Crippen LogP contribution in [0.25, 0.3) is 0 Å². The summed E-state index contributed by atoms with van der Waals surface area (Å²) in [4.78, 5) is 12.7. The molecule has 1 amide bonds. The van der Waals surface area contributed by atoms with Crippen LogP contribution in [0, 0.1) is 5.82 Å². The Balaban J connectivity index is 1.71. The average molecular weight is 323 g/mol. The Bertz CT molecular complexity index is 596. The van der Waals surface area contributed by atoms with Crippen LogP contribution in [-0.2, 0) is 10.4 Å². The van der Waals surface area contributed by atoms with Crippen LogP contribution in [0.5, 0.6) is 0 Å². The van der Waals surface area contributed by atoms with E-state index in [1.165, 1.54) is 30.2 Å². The summed E-state index contributed by atoms with van der Waals surface area (Å²) in [7, 11) is 0. The molecule has 0 aliphatic carbocycles. The Morgan fingerprint density at radius 3 is 2.73 bits per heavy atom. The number of rotatable bonds is 7. The first kappa shape index (κ1) is 16.6. The summed E-state index contributed by atoms with van der Waals surface area (Å²) < 4.78 is 17.9. The van der Waals surface area contributed by atoms with Crippen molar-refractivity contribution < 1.29 is 18.7 Å². The highest BCUT2D eigenvalue weighted by Gasteiger charge is 2.26. The molecule has 2 rings (SSSR count). The minimum Gasteiger partial charge on any atom is -0.466 e. The number of furan rings is 1. The van der Waals surface area contributed by atoms with Crippen molar-refractivity contribution in [3.63, 3.8) is 0 Å². The quantitative estimate of drug-likeness (QED) is 0.769. The largest absolute Gasteiger partial charge is 0.466 e. The van der Waals surface area contributed by atoms with Crippen LogP contribution in [-0.4, -0.2) is 23.3 Å². The average Bonchev–Trinajstić information content (AvgIpc) is 3.02. The number of halogens is 1. The number of hydrogen-bond donors (Lipinski definition) is 2. The van der Waals surface area contributed by atoms with E-state index in [0.29, 0.717) is 17.9 Å². The summed E-state index contributed by atoms with van der Waals surface area (Å²) in [6, 6.07) is 9.49. The Morgan fingerprint density at radius 1 is 1.36 bits per heavy atom. The minimum absolute atomic E-state index is 0.0839. The van der Waals surface area contributed by atoms with Crippen LogP contribution in [0.15, 0.2) is 52.0 Å². The second kappa shape index (κ2) is 7.47. The molecule has 2 aromatic rings. The van der Waals surface area contributed by atoms with Gasteiger partial charge in [0, 0.05) is 17.1 Å². The normalized spacial score (nSPS) is 13.6. The molecule has 1 unspecified atom stereocenters. The first-order valence-electron chi connectivity index (χ1n) is 6.89. The number of aliphatic hydroxyl groups is 1. The van der Waals surface area contributed by atoms with E-state index < -0.39 is 5.60 Å². The van der Waals surface area contributed by atoms with Crippen molar-refractivity contribution in [1.82, 2.24) is 5.32 Å². The first-order valence-corrected chi connectivity index (χ1v) is 7.87. The highest BCUT2D eigenvalue weighted by molar-refractivity contribution is 7.99. The smallest absolute Gasteiger partial charge is 0.220 e. The van der Waals surface area contributed by atoms with Crippen LogP contribution in [0.2, 0.25) is 0 Å². The van der Waals surface area contributed by atoms with Gasteiger partial charge in [-0.1, -0.05) is 0 Å². The number of carbonyl (C=O) groups excluding carboxylic acids is 1. The van der Waals surface area contributed by atoms with Crippen LogP contribution in [0.1, 0.15) is 19.1 Å². The maximum Gasteiger partial charge on any atom is 0.220 e. The lowest BCUT2D eigenvalue weighted by Gasteiger charge is -2.21. The summed E-state index contributed by atoms with van der Waals surface area (Å²) >= 11 is 1.48. The van der Waals surface area contributed by atoms with Gasteiger partial charge in [0.1, 0.15) is 17.2 Å². The minimum atomic E-state index is -1.23. The Hall–Kier alpha value is -1.79. The second-order valence-electron chi connectivity index (χ2n) is 5.08. The highest BCUT2D eigenvalue weighted by atomic mass is 32.2. The lowest BCUT2D eigenvalue weighted by atomic mass is 10.0. The van der Waals surface area contributed by atoms with Gasteiger partial charge >= 0.3 is 0 Å². The molecule has 0 fully saturated rings. The molecular formula is C16H18FNO3S. The van der Waals surface area contributed by atoms with Gasteiger partial charge in [-0.05, 0) is 43.3 Å². The van der Waals surface area contributed by atoms with Gasteiger partial charge in [-0.2, -0.15) is 0 Å². The van der Waals surface area contributed by atoms with Gasteiger partial charge in [0.2, 0.25) is 5.91 Å². The number of benzene rings is 1. The standard InChI is InChI=1S/C16H18FNO3S/c1-16(20,14-3-2-9-21-14)11-18-15(19)8-10-22-13-6-4-12(17)5-7-13/h2-7,9,20H,8,10-11H2,1H3,(H,18,19). The summed E-state index contributed by atoms with van der Waals surface area (Å²) in [5.41, 5.74) is -1.23. The summed E-state index contributed by atoms with van der Waals surface area (Å²) in [5, 5.41) is 12.9. The zero-order valence-electron chi connectivity index (χ0n) is 12.2. The molecular weight excluding hydrogens is 305 g/mol. The summed E-state index contributed by atoms with van der Waals surface area (Å²) in [6.07, 6.45) is 1.79. The molecule has 22 heavy (non-hydrogen) atoms. The molecule has 0 radical (unpaired) electrons. The van der Waals surface area contributed by atoms with Crippen LogP contribution >= 0.6 is 11.8 Å². The Morgan fingerprint density at radius 2 is 2.09 bits per heavy atom. The molecule has 0 aliphatic rings. The van der Waals surface area contributed by atoms with Gasteiger partial charge in [-0.3, -0.25) is 4.79 Å². The van der Waals surface area contributed by atoms with Crippen molar-refractivity contribution in [2.75, 3.05) is 12.3 Å². The van der Waals surface area contributed by atoms with Crippen molar-refractivity contribution in [1.29, 1.82) is 0 Å². The van der Waals surface area contributed by atoms with E-state index in [9.17, 15) is 14.3 Å². The highest BCUT2D eigenvalue weighted by Crippen LogP contribution is 2.20. The fourth-order valence-corrected chi connectivity index (χ4v) is 2.68. The van der Waals surface area contributed by atoms with E-state index in [1.807, 2.05) is 0 Å². The molecule has 1 aromatic heterocycles. The topological polar surface area (TPSA) is 62.5 Å². The Labute approximate surface area is 132 Å². The van der Waals surface area contributed by atoms with Crippen molar-refractivity contribution in [3.05, 3.63) is 54.2 Å². The van der Waals surface area contributed by atoms with E-state index in [2.05, 4.69) is 5.32 Å². The third-order valence-electron chi connectivity index (χ3n) is 3.09. The monoisotopic (exact) mass is 323 g/mol. The predicted molar refractivity (Wildman–Crippen MR) is 83.0 cm³/mol. The number of thioether (sulfide) groups is 1. The Kier molecular flexibility index (Phi) is 5.63. The summed E-state index contributed by atoms with van der Waals surface area (Å²) in [5.74, 6) is 0.567. The molecule has 2 N–H and O–H groups in total. The third-order valence-corrected chi connectivity index (χ3v) is 4.11. The fraction of sp³-hybridized carbons (Fsp3) is 0.312. The molecule has 1 heterocycles. The lowest BCUT2D eigenvalue weighted by molar-refractivity contribution is -0.122. The third kappa shape index (κ3) is 4.89. The second-order valence-corrected chi connectivity index (χ2v) is 6.25. The molecule has 1 atom stereocenters. The van der Waals surface area contributed by atoms with Gasteiger partial charge in [-0.25, -0.2) is 4.39 Å². The van der Waals surface area contributed by atoms with Gasteiger partial charge in [0.05, 0.1) is 12.8 Å². The van der Waals surface area contributed by atoms with E-state index in [1.54, 1.807) is 31.2 Å². The summed E-state index contributed by atoms with van der Waals surface area (Å²) in [6.45, 7) is 1.67. The molecule has 0 saturated carbocycles. The SMILES string of the molecule is CC(O)(CNC(=O)CCSc1ccc(F)cc1)c1ccco1. The lowest BCUT2D eigenvalue weighted by Crippen LogP contribution is -2.38. The molecule has 0 bridgehead atoms. The van der Waals surface area contributed by atoms with Crippen molar-refractivity contribution >= 4 is 17.7 Å². The maximum atomic E-state index is 12.8. The molecule has 4 nitrogen and oxygen atoms in total. The van der Waals surface area contributed by atoms with Gasteiger partial charge in [0.25, 0.3) is 0 Å². The molecule has 1 aromatic carbocycles. The zero-order valence-corrected chi connectivity index (χ0v) is 13.0. The molecule has 0 spiro atoms. The van der Waals surface area contributed by atoms with Crippen molar-refractivity contribution in [3.8, 4) is 0 Å². The molecule has 0 aliphatic heterocycles. The fourth-order valence-electron chi connectivity index (χ4n) is 1.82. The first-order chi connectivity index (χ1) is 10.5. The number of carbonyl (C=O) groups is 1. The maximum absolute atomic E-state index is 12.8. The van der Waals surface area contributed by atoms with Crippen LogP contribution in [0.3, 0.4) is 0 Å². The number of nitrogens with one attached hydrogen (secondary N) is 1. The van der Waals surface area contributed by atoms with Crippen molar-refractivity contribution in [2.45, 2.75) is 23.8 Å². The van der Waals surface area contributed by atoms with Gasteiger partial charge < -0.3 is 14.8 Å². The molecule has 118 valence electrons. The zero-order chi connectivity index (χ0) is 16.0. The van der Waals surface area contributed by atoms with E-state index in [4.69, 9.17) is 4.42 Å². The van der Waals surface area contributed by atoms with Crippen LogP contribution < -0.4 is 5.32 Å². The van der Waals surface area contributed by atoms with Crippen molar-refractivity contribution in [2.24, 2.45) is 0 Å². The predicted octanol–water partition coefficient (Wildman–Crippen LogP) is 2.92. The van der Waals surface area contributed by atoms with Gasteiger partial charge in [-0.15, -0.1) is 11.8 Å². The van der Waals surface area contributed by atoms with E-state index in [-0.39, 0.29) is 18.3 Å². The molecule has 6 heteroatoms. The van der Waals surface area contributed by atoms with E-state index >= 15 is 0 Å².